The summed E-state index contributed by atoms with van der Waals surface area (Å²) in [5, 5.41) is 0. The van der Waals surface area contributed by atoms with Crippen molar-refractivity contribution in [1.82, 2.24) is 0 Å². The standard InChI is InChI=1S/C17H38OSi/c1-7-8-9-10-11-12-13-14-15-16(17(2,3)4)18-19(5)6/h16,19H,7-15H2,1-6H3. The van der Waals surface area contributed by atoms with Crippen molar-refractivity contribution in [3.05, 3.63) is 0 Å². The predicted molar refractivity (Wildman–Crippen MR) is 90.4 cm³/mol. The van der Waals surface area contributed by atoms with Crippen molar-refractivity contribution in [2.45, 2.75) is 105 Å². The first-order valence-corrected chi connectivity index (χ1v) is 11.3. The molecule has 116 valence electrons. The molecule has 0 aliphatic carbocycles. The summed E-state index contributed by atoms with van der Waals surface area (Å²) in [5.41, 5.74) is 0.304. The van der Waals surface area contributed by atoms with Crippen molar-refractivity contribution in [3.8, 4) is 0 Å². The van der Waals surface area contributed by atoms with Crippen LogP contribution < -0.4 is 0 Å². The molecule has 0 spiro atoms. The molecule has 1 unspecified atom stereocenters. The smallest absolute Gasteiger partial charge is 0.171 e. The molecule has 0 heterocycles. The number of hydrogen-bond acceptors (Lipinski definition) is 1. The molecule has 0 saturated carbocycles. The molecule has 0 aliphatic heterocycles. The van der Waals surface area contributed by atoms with Crippen molar-refractivity contribution in [2.24, 2.45) is 5.41 Å². The zero-order valence-electron chi connectivity index (χ0n) is 14.4. The average Bonchev–Trinajstić information content (AvgIpc) is 2.29. The van der Waals surface area contributed by atoms with E-state index in [9.17, 15) is 0 Å². The molecule has 19 heavy (non-hydrogen) atoms. The Balaban J connectivity index is 3.64. The van der Waals surface area contributed by atoms with Gasteiger partial charge in [-0.3, -0.25) is 0 Å². The van der Waals surface area contributed by atoms with Gasteiger partial charge in [-0.2, -0.15) is 0 Å². The van der Waals surface area contributed by atoms with Gasteiger partial charge in [0, 0.05) is 6.10 Å². The maximum atomic E-state index is 6.21. The van der Waals surface area contributed by atoms with Crippen LogP contribution in [0.3, 0.4) is 0 Å². The highest BCUT2D eigenvalue weighted by Gasteiger charge is 2.25. The molecule has 1 nitrogen and oxygen atoms in total. The van der Waals surface area contributed by atoms with Crippen molar-refractivity contribution in [3.63, 3.8) is 0 Å². The zero-order valence-corrected chi connectivity index (χ0v) is 15.6. The third-order valence-corrected chi connectivity index (χ3v) is 4.60. The molecular weight excluding hydrogens is 248 g/mol. The predicted octanol–water partition coefficient (Wildman–Crippen LogP) is 5.93. The molecule has 0 N–H and O–H groups in total. The van der Waals surface area contributed by atoms with Crippen LogP contribution in [0.5, 0.6) is 0 Å². The minimum absolute atomic E-state index is 0.304. The molecule has 0 aliphatic rings. The van der Waals surface area contributed by atoms with Gasteiger partial charge in [-0.25, -0.2) is 0 Å². The SMILES string of the molecule is CCCCCCCCCCC(O[SiH](C)C)C(C)(C)C. The Morgan fingerprint density at radius 2 is 1.32 bits per heavy atom. The van der Waals surface area contributed by atoms with Crippen LogP contribution in [0.2, 0.25) is 13.1 Å². The van der Waals surface area contributed by atoms with E-state index in [1.807, 2.05) is 0 Å². The highest BCUT2D eigenvalue weighted by atomic mass is 28.3. The van der Waals surface area contributed by atoms with Gasteiger partial charge in [0.05, 0.1) is 0 Å². The van der Waals surface area contributed by atoms with Gasteiger partial charge in [0.1, 0.15) is 0 Å². The molecule has 0 radical (unpaired) electrons. The summed E-state index contributed by atoms with van der Waals surface area (Å²) in [6, 6.07) is 0. The van der Waals surface area contributed by atoms with Gasteiger partial charge in [-0.1, -0.05) is 79.1 Å². The Hall–Kier alpha value is 0.177. The highest BCUT2D eigenvalue weighted by Crippen LogP contribution is 2.27. The lowest BCUT2D eigenvalue weighted by Gasteiger charge is -2.32. The molecule has 0 fully saturated rings. The highest BCUT2D eigenvalue weighted by molar-refractivity contribution is 6.48. The van der Waals surface area contributed by atoms with E-state index < -0.39 is 9.04 Å². The number of hydrogen-bond donors (Lipinski definition) is 0. The van der Waals surface area contributed by atoms with Gasteiger partial charge in [0.2, 0.25) is 0 Å². The Kier molecular flexibility index (Phi) is 11.0. The van der Waals surface area contributed by atoms with Crippen LogP contribution in [-0.2, 0) is 4.43 Å². The summed E-state index contributed by atoms with van der Waals surface area (Å²) in [6.45, 7) is 13.8. The molecule has 2 heteroatoms. The van der Waals surface area contributed by atoms with Gasteiger partial charge in [0.25, 0.3) is 0 Å². The van der Waals surface area contributed by atoms with Gasteiger partial charge in [-0.15, -0.1) is 0 Å². The Labute approximate surface area is 124 Å². The molecule has 0 bridgehead atoms. The minimum atomic E-state index is -0.906. The second-order valence-electron chi connectivity index (χ2n) is 7.30. The Bertz CT molecular complexity index is 196. The normalized spacial score (nSPS) is 14.1. The van der Waals surface area contributed by atoms with Crippen molar-refractivity contribution in [1.29, 1.82) is 0 Å². The average molecular weight is 287 g/mol. The molecule has 0 aromatic heterocycles. The fourth-order valence-corrected chi connectivity index (χ4v) is 3.70. The third kappa shape index (κ3) is 11.7. The van der Waals surface area contributed by atoms with Crippen LogP contribution in [0, 0.1) is 5.41 Å². The molecule has 0 aromatic carbocycles. The summed E-state index contributed by atoms with van der Waals surface area (Å²) in [7, 11) is -0.906. The molecule has 0 rings (SSSR count). The number of rotatable bonds is 11. The van der Waals surface area contributed by atoms with Gasteiger partial charge >= 0.3 is 0 Å². The Morgan fingerprint density at radius 3 is 1.74 bits per heavy atom. The first-order valence-electron chi connectivity index (χ1n) is 8.53. The summed E-state index contributed by atoms with van der Waals surface area (Å²) in [4.78, 5) is 0. The lowest BCUT2D eigenvalue weighted by atomic mass is 9.86. The van der Waals surface area contributed by atoms with Gasteiger partial charge in [0.15, 0.2) is 9.04 Å². The monoisotopic (exact) mass is 286 g/mol. The lowest BCUT2D eigenvalue weighted by molar-refractivity contribution is 0.0759. The van der Waals surface area contributed by atoms with Crippen LogP contribution in [0.4, 0.5) is 0 Å². The molecule has 0 aromatic rings. The van der Waals surface area contributed by atoms with E-state index in [4.69, 9.17) is 4.43 Å². The van der Waals surface area contributed by atoms with Gasteiger partial charge in [-0.05, 0) is 24.9 Å². The Morgan fingerprint density at radius 1 is 0.842 bits per heavy atom. The lowest BCUT2D eigenvalue weighted by Crippen LogP contribution is -2.33. The quantitative estimate of drug-likeness (QED) is 0.338. The van der Waals surface area contributed by atoms with Crippen LogP contribution in [0.1, 0.15) is 85.5 Å². The van der Waals surface area contributed by atoms with Crippen LogP contribution in [-0.4, -0.2) is 15.1 Å². The fraction of sp³-hybridized carbons (Fsp3) is 1.00. The minimum Gasteiger partial charge on any atom is -0.417 e. The van der Waals surface area contributed by atoms with E-state index in [-0.39, 0.29) is 0 Å². The summed E-state index contributed by atoms with van der Waals surface area (Å²) in [5.74, 6) is 0. The zero-order chi connectivity index (χ0) is 14.7. The first-order chi connectivity index (χ1) is 8.88. The molecule has 1 atom stereocenters. The maximum absolute atomic E-state index is 6.21. The first kappa shape index (κ1) is 19.2. The molecule has 0 amide bonds. The molecule has 0 saturated heterocycles. The third-order valence-electron chi connectivity index (χ3n) is 3.72. The summed E-state index contributed by atoms with van der Waals surface area (Å²) >= 11 is 0. The van der Waals surface area contributed by atoms with E-state index >= 15 is 0 Å². The van der Waals surface area contributed by atoms with Crippen molar-refractivity contribution in [2.75, 3.05) is 0 Å². The summed E-state index contributed by atoms with van der Waals surface area (Å²) < 4.78 is 6.21. The van der Waals surface area contributed by atoms with Crippen LogP contribution in [0.25, 0.3) is 0 Å². The van der Waals surface area contributed by atoms with E-state index in [2.05, 4.69) is 40.8 Å². The van der Waals surface area contributed by atoms with Crippen LogP contribution in [0.15, 0.2) is 0 Å². The fourth-order valence-electron chi connectivity index (χ4n) is 2.50. The van der Waals surface area contributed by atoms with Crippen molar-refractivity contribution >= 4 is 9.04 Å². The molecular formula is C17H38OSi. The number of unbranched alkanes of at least 4 members (excludes halogenated alkanes) is 7. The maximum Gasteiger partial charge on any atom is 0.171 e. The second-order valence-corrected chi connectivity index (χ2v) is 9.67. The van der Waals surface area contributed by atoms with E-state index in [0.717, 1.165) is 0 Å². The second kappa shape index (κ2) is 10.9. The van der Waals surface area contributed by atoms with E-state index in [1.165, 1.54) is 57.8 Å². The largest absolute Gasteiger partial charge is 0.417 e. The van der Waals surface area contributed by atoms with E-state index in [0.29, 0.717) is 11.5 Å². The van der Waals surface area contributed by atoms with Crippen LogP contribution >= 0.6 is 0 Å². The van der Waals surface area contributed by atoms with E-state index in [1.54, 1.807) is 0 Å². The van der Waals surface area contributed by atoms with Gasteiger partial charge < -0.3 is 4.43 Å². The topological polar surface area (TPSA) is 9.23 Å². The van der Waals surface area contributed by atoms with Crippen molar-refractivity contribution < 1.29 is 4.43 Å². The summed E-state index contributed by atoms with van der Waals surface area (Å²) in [6.07, 6.45) is 12.9.